The predicted molar refractivity (Wildman–Crippen MR) is 73.4 cm³/mol. The number of H-pyrrole nitrogens is 1. The Bertz CT molecular complexity index is 504. The number of aromatic nitrogens is 2. The van der Waals surface area contributed by atoms with Crippen molar-refractivity contribution in [3.05, 3.63) is 12.0 Å². The zero-order valence-electron chi connectivity index (χ0n) is 11.5. The first-order valence-corrected chi connectivity index (χ1v) is 8.19. The molecule has 0 spiro atoms. The normalized spacial score (nSPS) is 18.8. The quantitative estimate of drug-likeness (QED) is 0.836. The fourth-order valence-corrected chi connectivity index (χ4v) is 3.23. The number of likely N-dealkylation sites (tertiary alicyclic amines) is 1. The summed E-state index contributed by atoms with van der Waals surface area (Å²) in [5, 5.41) is 0.136. The van der Waals surface area contributed by atoms with Gasteiger partial charge < -0.3 is 9.88 Å². The minimum absolute atomic E-state index is 0.136. The number of sulfonamides is 1. The van der Waals surface area contributed by atoms with Gasteiger partial charge in [-0.25, -0.2) is 18.1 Å². The van der Waals surface area contributed by atoms with Crippen LogP contribution in [0.2, 0.25) is 0 Å². The van der Waals surface area contributed by atoms with E-state index in [4.69, 9.17) is 0 Å². The molecule has 1 aliphatic heterocycles. The molecule has 0 atom stereocenters. The van der Waals surface area contributed by atoms with E-state index in [1.165, 1.54) is 19.0 Å². The van der Waals surface area contributed by atoms with E-state index >= 15 is 0 Å². The van der Waals surface area contributed by atoms with Crippen LogP contribution in [0.15, 0.2) is 11.2 Å². The summed E-state index contributed by atoms with van der Waals surface area (Å²) in [5.74, 6) is 1.39. The monoisotopic (exact) mass is 286 g/mol. The van der Waals surface area contributed by atoms with Crippen LogP contribution in [0.1, 0.15) is 25.6 Å². The molecule has 0 radical (unpaired) electrons. The molecule has 0 aromatic carbocycles. The average molecular weight is 286 g/mol. The maximum Gasteiger partial charge on any atom is 0.257 e. The first kappa shape index (κ1) is 14.5. The minimum Gasteiger partial charge on any atom is -0.332 e. The highest BCUT2D eigenvalue weighted by molar-refractivity contribution is 7.89. The summed E-state index contributed by atoms with van der Waals surface area (Å²) in [7, 11) is -3.45. The molecule has 0 bridgehead atoms. The Balaban J connectivity index is 1.79. The summed E-state index contributed by atoms with van der Waals surface area (Å²) < 4.78 is 26.5. The largest absolute Gasteiger partial charge is 0.332 e. The van der Waals surface area contributed by atoms with Crippen molar-refractivity contribution in [2.45, 2.75) is 31.7 Å². The summed E-state index contributed by atoms with van der Waals surface area (Å²) in [4.78, 5) is 8.95. The molecular formula is C12H22N4O2S. The van der Waals surface area contributed by atoms with Gasteiger partial charge in [-0.2, -0.15) is 0 Å². The standard InChI is InChI=1S/C12H22N4O2S/c1-10-3-6-16(7-4-10)8-5-14-19(17,18)12-9-13-11(2)15-12/h9-10,14H,3-8H2,1-2H3,(H,13,15). The summed E-state index contributed by atoms with van der Waals surface area (Å²) in [6.07, 6.45) is 3.75. The smallest absolute Gasteiger partial charge is 0.257 e. The Morgan fingerprint density at radius 3 is 2.74 bits per heavy atom. The SMILES string of the molecule is Cc1ncc(S(=O)(=O)NCCN2CCC(C)CC2)[nH]1. The van der Waals surface area contributed by atoms with Gasteiger partial charge in [0.25, 0.3) is 10.0 Å². The lowest BCUT2D eigenvalue weighted by atomic mass is 9.99. The molecule has 19 heavy (non-hydrogen) atoms. The Morgan fingerprint density at radius 1 is 1.47 bits per heavy atom. The zero-order valence-corrected chi connectivity index (χ0v) is 12.3. The highest BCUT2D eigenvalue weighted by Crippen LogP contribution is 2.15. The van der Waals surface area contributed by atoms with Gasteiger partial charge in [-0.3, -0.25) is 0 Å². The topological polar surface area (TPSA) is 78.1 Å². The summed E-state index contributed by atoms with van der Waals surface area (Å²) >= 11 is 0. The number of rotatable bonds is 5. The van der Waals surface area contributed by atoms with Crippen molar-refractivity contribution in [2.24, 2.45) is 5.92 Å². The molecule has 2 heterocycles. The third-order valence-corrected chi connectivity index (χ3v) is 4.94. The third-order valence-electron chi connectivity index (χ3n) is 3.57. The van der Waals surface area contributed by atoms with Crippen molar-refractivity contribution < 1.29 is 8.42 Å². The minimum atomic E-state index is -3.45. The number of aromatic amines is 1. The second-order valence-electron chi connectivity index (χ2n) is 5.25. The Hall–Kier alpha value is -0.920. The van der Waals surface area contributed by atoms with Crippen molar-refractivity contribution >= 4 is 10.0 Å². The molecular weight excluding hydrogens is 264 g/mol. The fraction of sp³-hybridized carbons (Fsp3) is 0.750. The Labute approximate surface area is 114 Å². The van der Waals surface area contributed by atoms with Crippen LogP contribution in [0.4, 0.5) is 0 Å². The van der Waals surface area contributed by atoms with Crippen LogP contribution >= 0.6 is 0 Å². The van der Waals surface area contributed by atoms with Crippen LogP contribution in [0, 0.1) is 12.8 Å². The first-order chi connectivity index (χ1) is 8.97. The van der Waals surface area contributed by atoms with Crippen molar-refractivity contribution in [3.63, 3.8) is 0 Å². The predicted octanol–water partition coefficient (Wildman–Crippen LogP) is 0.728. The van der Waals surface area contributed by atoms with Gasteiger partial charge in [0.15, 0.2) is 5.03 Å². The number of piperidine rings is 1. The van der Waals surface area contributed by atoms with Gasteiger partial charge in [0.1, 0.15) is 5.82 Å². The van der Waals surface area contributed by atoms with Gasteiger partial charge in [0.2, 0.25) is 0 Å². The van der Waals surface area contributed by atoms with E-state index in [1.54, 1.807) is 6.92 Å². The van der Waals surface area contributed by atoms with Crippen LogP contribution in [0.25, 0.3) is 0 Å². The molecule has 1 aromatic rings. The number of hydrogen-bond acceptors (Lipinski definition) is 4. The Kier molecular flexibility index (Phi) is 4.59. The number of nitrogens with zero attached hydrogens (tertiary/aromatic N) is 2. The molecule has 0 unspecified atom stereocenters. The van der Waals surface area contributed by atoms with E-state index < -0.39 is 10.0 Å². The first-order valence-electron chi connectivity index (χ1n) is 6.71. The molecule has 0 amide bonds. The van der Waals surface area contributed by atoms with Crippen LogP contribution in [0.5, 0.6) is 0 Å². The van der Waals surface area contributed by atoms with Crippen LogP contribution < -0.4 is 4.72 Å². The van der Waals surface area contributed by atoms with Crippen LogP contribution in [-0.2, 0) is 10.0 Å². The third kappa shape index (κ3) is 4.02. The molecule has 2 N–H and O–H groups in total. The fourth-order valence-electron chi connectivity index (χ4n) is 2.24. The van der Waals surface area contributed by atoms with Gasteiger partial charge in [-0.1, -0.05) is 6.92 Å². The molecule has 0 aliphatic carbocycles. The van der Waals surface area contributed by atoms with Crippen molar-refractivity contribution in [2.75, 3.05) is 26.2 Å². The number of nitrogens with one attached hydrogen (secondary N) is 2. The molecule has 1 saturated heterocycles. The van der Waals surface area contributed by atoms with Crippen molar-refractivity contribution in [1.82, 2.24) is 19.6 Å². The molecule has 108 valence electrons. The molecule has 0 saturated carbocycles. The molecule has 1 aliphatic rings. The van der Waals surface area contributed by atoms with E-state index in [9.17, 15) is 8.42 Å². The summed E-state index contributed by atoms with van der Waals surface area (Å²) in [6, 6.07) is 0. The van der Waals surface area contributed by atoms with Crippen molar-refractivity contribution in [1.29, 1.82) is 0 Å². The van der Waals surface area contributed by atoms with E-state index in [2.05, 4.69) is 26.5 Å². The lowest BCUT2D eigenvalue weighted by Crippen LogP contribution is -2.39. The lowest BCUT2D eigenvalue weighted by molar-refractivity contribution is 0.195. The maximum atomic E-state index is 11.9. The van der Waals surface area contributed by atoms with Crippen LogP contribution in [-0.4, -0.2) is 49.5 Å². The highest BCUT2D eigenvalue weighted by atomic mass is 32.2. The van der Waals surface area contributed by atoms with Crippen molar-refractivity contribution in [3.8, 4) is 0 Å². The number of hydrogen-bond donors (Lipinski definition) is 2. The summed E-state index contributed by atoms with van der Waals surface area (Å²) in [6.45, 7) is 7.32. The van der Waals surface area contributed by atoms with Gasteiger partial charge in [0.05, 0.1) is 6.20 Å². The second kappa shape index (κ2) is 6.02. The van der Waals surface area contributed by atoms with E-state index in [0.29, 0.717) is 12.4 Å². The lowest BCUT2D eigenvalue weighted by Gasteiger charge is -2.29. The number of aryl methyl sites for hydroxylation is 1. The second-order valence-corrected chi connectivity index (χ2v) is 6.99. The van der Waals surface area contributed by atoms with Gasteiger partial charge >= 0.3 is 0 Å². The number of imidazole rings is 1. The van der Waals surface area contributed by atoms with E-state index in [0.717, 1.165) is 25.6 Å². The zero-order chi connectivity index (χ0) is 13.9. The average Bonchev–Trinajstić information content (AvgIpc) is 2.79. The van der Waals surface area contributed by atoms with E-state index in [-0.39, 0.29) is 5.03 Å². The van der Waals surface area contributed by atoms with Gasteiger partial charge in [-0.15, -0.1) is 0 Å². The van der Waals surface area contributed by atoms with Gasteiger partial charge in [0, 0.05) is 13.1 Å². The van der Waals surface area contributed by atoms with E-state index in [1.807, 2.05) is 0 Å². The van der Waals surface area contributed by atoms with Crippen LogP contribution in [0.3, 0.4) is 0 Å². The Morgan fingerprint density at radius 2 is 2.16 bits per heavy atom. The summed E-state index contributed by atoms with van der Waals surface area (Å²) in [5.41, 5.74) is 0. The maximum absolute atomic E-state index is 11.9. The van der Waals surface area contributed by atoms with Gasteiger partial charge in [-0.05, 0) is 38.8 Å². The molecule has 1 fully saturated rings. The molecule has 6 nitrogen and oxygen atoms in total. The highest BCUT2D eigenvalue weighted by Gasteiger charge is 2.18. The molecule has 2 rings (SSSR count). The molecule has 7 heteroatoms. The molecule has 1 aromatic heterocycles.